The van der Waals surface area contributed by atoms with Gasteiger partial charge in [0.1, 0.15) is 12.4 Å². The van der Waals surface area contributed by atoms with Crippen molar-refractivity contribution in [3.8, 4) is 0 Å². The van der Waals surface area contributed by atoms with Crippen LogP contribution in [0.25, 0.3) is 0 Å². The minimum absolute atomic E-state index is 0.121. The van der Waals surface area contributed by atoms with Gasteiger partial charge in [-0.2, -0.15) is 10.1 Å². The van der Waals surface area contributed by atoms with E-state index in [4.69, 9.17) is 23.2 Å². The lowest BCUT2D eigenvalue weighted by Crippen LogP contribution is -2.31. The monoisotopic (exact) mass is 334 g/mol. The first-order chi connectivity index (χ1) is 10.7. The number of allylic oxidation sites excluding steroid dienone is 2. The molecule has 0 radical (unpaired) electrons. The highest BCUT2D eigenvalue weighted by Gasteiger charge is 2.37. The molecule has 22 heavy (non-hydrogen) atoms. The van der Waals surface area contributed by atoms with Gasteiger partial charge in [0.25, 0.3) is 0 Å². The first-order valence-corrected chi connectivity index (χ1v) is 7.79. The van der Waals surface area contributed by atoms with Crippen LogP contribution in [0.15, 0.2) is 35.8 Å². The van der Waals surface area contributed by atoms with Crippen molar-refractivity contribution in [2.24, 2.45) is 0 Å². The van der Waals surface area contributed by atoms with Gasteiger partial charge in [-0.05, 0) is 18.9 Å². The molecule has 2 heterocycles. The minimum Gasteiger partial charge on any atom is -0.328 e. The quantitative estimate of drug-likeness (QED) is 0.865. The van der Waals surface area contributed by atoms with E-state index in [1.54, 1.807) is 10.7 Å². The molecule has 1 aliphatic carbocycles. The van der Waals surface area contributed by atoms with Gasteiger partial charge in [-0.3, -0.25) is 4.79 Å². The molecule has 0 saturated carbocycles. The minimum atomic E-state index is -0.382. The molecule has 1 N–H and O–H groups in total. The molecule has 0 spiro atoms. The predicted octanol–water partition coefficient (Wildman–Crippen LogP) is 3.61. The zero-order valence-electron chi connectivity index (χ0n) is 11.5. The lowest BCUT2D eigenvalue weighted by Gasteiger charge is -2.32. The Balaban J connectivity index is 1.97. The number of benzene rings is 1. The van der Waals surface area contributed by atoms with Gasteiger partial charge in [0.2, 0.25) is 5.95 Å². The Bertz CT molecular complexity index is 812. The van der Waals surface area contributed by atoms with Gasteiger partial charge in [-0.25, -0.2) is 4.68 Å². The third kappa shape index (κ3) is 1.96. The average molecular weight is 335 g/mol. The van der Waals surface area contributed by atoms with E-state index in [1.807, 2.05) is 12.1 Å². The Morgan fingerprint density at radius 1 is 1.27 bits per heavy atom. The maximum absolute atomic E-state index is 12.5. The summed E-state index contributed by atoms with van der Waals surface area (Å²) in [6.45, 7) is 0. The van der Waals surface area contributed by atoms with Crippen molar-refractivity contribution in [1.82, 2.24) is 14.8 Å². The van der Waals surface area contributed by atoms with Crippen molar-refractivity contribution in [2.75, 3.05) is 5.32 Å². The zero-order chi connectivity index (χ0) is 15.3. The van der Waals surface area contributed by atoms with Crippen molar-refractivity contribution in [2.45, 2.75) is 25.3 Å². The number of ketones is 1. The summed E-state index contributed by atoms with van der Waals surface area (Å²) in [5.74, 6) is 0.741. The molecule has 1 aromatic heterocycles. The highest BCUT2D eigenvalue weighted by atomic mass is 35.5. The number of halogens is 2. The number of nitrogens with one attached hydrogen (secondary N) is 1. The molecule has 0 bridgehead atoms. The highest BCUT2D eigenvalue weighted by Crippen LogP contribution is 2.42. The van der Waals surface area contributed by atoms with Crippen molar-refractivity contribution < 1.29 is 4.79 Å². The van der Waals surface area contributed by atoms with E-state index in [0.717, 1.165) is 24.1 Å². The fourth-order valence-electron chi connectivity index (χ4n) is 3.12. The summed E-state index contributed by atoms with van der Waals surface area (Å²) in [5, 5.41) is 8.39. The molecular formula is C15H12Cl2N4O. The third-order valence-corrected chi connectivity index (χ3v) is 4.92. The highest BCUT2D eigenvalue weighted by molar-refractivity contribution is 6.42. The normalized spacial score (nSPS) is 20.5. The molecule has 5 nitrogen and oxygen atoms in total. The summed E-state index contributed by atoms with van der Waals surface area (Å²) in [6, 6.07) is 5.06. The molecule has 7 heteroatoms. The molecule has 0 saturated heterocycles. The van der Waals surface area contributed by atoms with Gasteiger partial charge in [0.15, 0.2) is 5.78 Å². The number of carbonyl (C=O) groups is 1. The van der Waals surface area contributed by atoms with E-state index < -0.39 is 0 Å². The summed E-state index contributed by atoms with van der Waals surface area (Å²) in [5.41, 5.74) is 2.40. The van der Waals surface area contributed by atoms with Crippen molar-refractivity contribution >= 4 is 34.9 Å². The van der Waals surface area contributed by atoms with Crippen LogP contribution < -0.4 is 5.32 Å². The Labute approximate surface area is 136 Å². The molecule has 1 atom stereocenters. The second kappa shape index (κ2) is 5.11. The van der Waals surface area contributed by atoms with E-state index in [9.17, 15) is 4.79 Å². The number of nitrogens with zero attached hydrogens (tertiary/aromatic N) is 3. The average Bonchev–Trinajstić information content (AvgIpc) is 2.96. The number of carbonyl (C=O) groups excluding carboxylic acids is 1. The van der Waals surface area contributed by atoms with Gasteiger partial charge in [0, 0.05) is 23.3 Å². The van der Waals surface area contributed by atoms with Crippen LogP contribution in [0.4, 0.5) is 5.95 Å². The second-order valence-corrected chi connectivity index (χ2v) is 6.15. The summed E-state index contributed by atoms with van der Waals surface area (Å²) in [7, 11) is 0. The summed E-state index contributed by atoms with van der Waals surface area (Å²) in [6.07, 6.45) is 3.67. The van der Waals surface area contributed by atoms with Crippen LogP contribution in [-0.4, -0.2) is 20.5 Å². The number of aromatic nitrogens is 3. The smallest absolute Gasteiger partial charge is 0.226 e. The van der Waals surface area contributed by atoms with Crippen LogP contribution in [0.3, 0.4) is 0 Å². The first-order valence-electron chi connectivity index (χ1n) is 7.03. The van der Waals surface area contributed by atoms with E-state index in [2.05, 4.69) is 15.4 Å². The topological polar surface area (TPSA) is 59.8 Å². The third-order valence-electron chi connectivity index (χ3n) is 4.09. The maximum Gasteiger partial charge on any atom is 0.226 e. The Kier molecular flexibility index (Phi) is 3.20. The predicted molar refractivity (Wildman–Crippen MR) is 84.1 cm³/mol. The van der Waals surface area contributed by atoms with Crippen LogP contribution >= 0.6 is 23.2 Å². The molecule has 0 unspecified atom stereocenters. The van der Waals surface area contributed by atoms with E-state index in [-0.39, 0.29) is 11.8 Å². The zero-order valence-corrected chi connectivity index (χ0v) is 13.0. The molecule has 1 aromatic carbocycles. The molecule has 112 valence electrons. The Morgan fingerprint density at radius 2 is 2.14 bits per heavy atom. The summed E-state index contributed by atoms with van der Waals surface area (Å²) in [4.78, 5) is 16.7. The SMILES string of the molecule is O=C1CCCC2=C1[C@@H](c1cccc(Cl)c1Cl)n1ncnc1N2. The van der Waals surface area contributed by atoms with Crippen molar-refractivity contribution in [1.29, 1.82) is 0 Å². The number of rotatable bonds is 1. The van der Waals surface area contributed by atoms with Gasteiger partial charge in [-0.15, -0.1) is 0 Å². The van der Waals surface area contributed by atoms with Gasteiger partial charge in [0.05, 0.1) is 10.0 Å². The van der Waals surface area contributed by atoms with Crippen LogP contribution in [0.5, 0.6) is 0 Å². The first kappa shape index (κ1) is 13.8. The maximum atomic E-state index is 12.5. The number of hydrogen-bond acceptors (Lipinski definition) is 4. The van der Waals surface area contributed by atoms with Gasteiger partial charge in [-0.1, -0.05) is 35.3 Å². The van der Waals surface area contributed by atoms with Crippen LogP contribution in [0.1, 0.15) is 30.9 Å². The second-order valence-electron chi connectivity index (χ2n) is 5.37. The molecule has 4 rings (SSSR count). The van der Waals surface area contributed by atoms with Crippen LogP contribution in [-0.2, 0) is 4.79 Å². The molecule has 0 amide bonds. The number of hydrogen-bond donors (Lipinski definition) is 1. The van der Waals surface area contributed by atoms with Crippen LogP contribution in [0.2, 0.25) is 10.0 Å². The summed E-state index contributed by atoms with van der Waals surface area (Å²) >= 11 is 12.5. The van der Waals surface area contributed by atoms with E-state index in [1.165, 1.54) is 6.33 Å². The fourth-order valence-corrected chi connectivity index (χ4v) is 3.53. The standard InChI is InChI=1S/C15H12Cl2N4O/c16-9-4-1-3-8(13(9)17)14-12-10(5-2-6-11(12)22)20-15-18-7-19-21(14)15/h1,3-4,7,14H,2,5-6H2,(H,18,19,20)/t14-/m1/s1. The van der Waals surface area contributed by atoms with Crippen molar-refractivity contribution in [3.05, 3.63) is 51.4 Å². The Hall–Kier alpha value is -1.85. The molecule has 1 aliphatic heterocycles. The molecule has 0 fully saturated rings. The van der Waals surface area contributed by atoms with Gasteiger partial charge < -0.3 is 5.32 Å². The fraction of sp³-hybridized carbons (Fsp3) is 0.267. The largest absolute Gasteiger partial charge is 0.328 e. The summed E-state index contributed by atoms with van der Waals surface area (Å²) < 4.78 is 1.69. The molecule has 2 aliphatic rings. The number of Topliss-reactive ketones (excluding diaryl/α,β-unsaturated/α-hetero) is 1. The van der Waals surface area contributed by atoms with Gasteiger partial charge >= 0.3 is 0 Å². The lowest BCUT2D eigenvalue weighted by atomic mass is 9.85. The molecular weight excluding hydrogens is 323 g/mol. The lowest BCUT2D eigenvalue weighted by molar-refractivity contribution is -0.116. The number of anilines is 1. The number of fused-ring (bicyclic) bond motifs is 1. The molecule has 2 aromatic rings. The van der Waals surface area contributed by atoms with E-state index >= 15 is 0 Å². The van der Waals surface area contributed by atoms with Crippen molar-refractivity contribution in [3.63, 3.8) is 0 Å². The Morgan fingerprint density at radius 3 is 3.00 bits per heavy atom. The van der Waals surface area contributed by atoms with E-state index in [0.29, 0.717) is 28.0 Å². The van der Waals surface area contributed by atoms with Crippen LogP contribution in [0, 0.1) is 0 Å².